The normalized spacial score (nSPS) is 18.8. The smallest absolute Gasteiger partial charge is 0.0934 e. The van der Waals surface area contributed by atoms with Crippen LogP contribution in [0.1, 0.15) is 12.8 Å². The number of ether oxygens (including phenoxy) is 1. The molecule has 102 valence electrons. The summed E-state index contributed by atoms with van der Waals surface area (Å²) in [5.41, 5.74) is 0.952. The third-order valence-corrected chi connectivity index (χ3v) is 4.42. The van der Waals surface area contributed by atoms with Crippen molar-refractivity contribution in [2.24, 2.45) is 5.92 Å². The van der Waals surface area contributed by atoms with Gasteiger partial charge in [-0.3, -0.25) is 4.68 Å². The first-order valence-electron chi connectivity index (χ1n) is 6.61. The minimum atomic E-state index is -0.350. The number of aliphatic hydroxyl groups excluding tert-OH is 1. The molecule has 0 aliphatic carbocycles. The van der Waals surface area contributed by atoms with Crippen molar-refractivity contribution >= 4 is 26.8 Å². The van der Waals surface area contributed by atoms with Crippen LogP contribution in [0.2, 0.25) is 0 Å². The van der Waals surface area contributed by atoms with Gasteiger partial charge in [0.1, 0.15) is 0 Å². The molecule has 1 aromatic carbocycles. The number of rotatable bonds is 3. The van der Waals surface area contributed by atoms with E-state index in [-0.39, 0.29) is 6.10 Å². The number of aliphatic hydroxyl groups is 1. The minimum absolute atomic E-state index is 0.324. The van der Waals surface area contributed by atoms with Gasteiger partial charge < -0.3 is 9.84 Å². The maximum absolute atomic E-state index is 10.3. The Labute approximate surface area is 120 Å². The average Bonchev–Trinajstić information content (AvgIpc) is 2.84. The first kappa shape index (κ1) is 13.1. The van der Waals surface area contributed by atoms with Crippen molar-refractivity contribution in [3.05, 3.63) is 28.9 Å². The Morgan fingerprint density at radius 1 is 1.42 bits per heavy atom. The van der Waals surface area contributed by atoms with Crippen LogP contribution in [0.15, 0.2) is 28.9 Å². The molecule has 0 spiro atoms. The Kier molecular flexibility index (Phi) is 3.86. The molecule has 0 saturated carbocycles. The molecule has 1 unspecified atom stereocenters. The summed E-state index contributed by atoms with van der Waals surface area (Å²) >= 11 is 3.52. The number of nitrogens with zero attached hydrogens (tertiary/aromatic N) is 2. The molecule has 1 fully saturated rings. The van der Waals surface area contributed by atoms with Gasteiger partial charge in [-0.2, -0.15) is 5.10 Å². The molecular formula is C14H17BrN2O2. The van der Waals surface area contributed by atoms with E-state index in [1.54, 1.807) is 0 Å². The molecule has 1 N–H and O–H groups in total. The highest BCUT2D eigenvalue weighted by molar-refractivity contribution is 9.10. The van der Waals surface area contributed by atoms with Gasteiger partial charge in [0.25, 0.3) is 0 Å². The first-order chi connectivity index (χ1) is 9.24. The van der Waals surface area contributed by atoms with E-state index in [1.807, 2.05) is 29.1 Å². The average molecular weight is 325 g/mol. The second-order valence-electron chi connectivity index (χ2n) is 5.04. The molecule has 0 bridgehead atoms. The lowest BCUT2D eigenvalue weighted by Crippen LogP contribution is -2.30. The van der Waals surface area contributed by atoms with Gasteiger partial charge >= 0.3 is 0 Å². The lowest BCUT2D eigenvalue weighted by molar-refractivity contribution is 0.000423. The van der Waals surface area contributed by atoms with Crippen LogP contribution in [0.5, 0.6) is 0 Å². The second kappa shape index (κ2) is 5.61. The van der Waals surface area contributed by atoms with Gasteiger partial charge in [-0.15, -0.1) is 0 Å². The minimum Gasteiger partial charge on any atom is -0.391 e. The molecule has 2 heterocycles. The molecule has 2 aromatic rings. The fourth-order valence-corrected chi connectivity index (χ4v) is 3.05. The summed E-state index contributed by atoms with van der Waals surface area (Å²) in [5, 5.41) is 15.9. The van der Waals surface area contributed by atoms with Gasteiger partial charge in [0.05, 0.1) is 18.2 Å². The van der Waals surface area contributed by atoms with E-state index in [1.165, 1.54) is 0 Å². The fourth-order valence-electron chi connectivity index (χ4n) is 2.59. The van der Waals surface area contributed by atoms with E-state index in [2.05, 4.69) is 21.0 Å². The van der Waals surface area contributed by atoms with Crippen LogP contribution >= 0.6 is 15.9 Å². The third-order valence-electron chi connectivity index (χ3n) is 3.73. The van der Waals surface area contributed by atoms with Crippen molar-refractivity contribution in [1.29, 1.82) is 0 Å². The highest BCUT2D eigenvalue weighted by Gasteiger charge is 2.22. The quantitative estimate of drug-likeness (QED) is 0.944. The van der Waals surface area contributed by atoms with Gasteiger partial charge in [0.15, 0.2) is 0 Å². The number of hydrogen-bond acceptors (Lipinski definition) is 3. The Hall–Kier alpha value is -0.910. The SMILES string of the molecule is OC(Cn1cc2c(Br)cccc2n1)C1CCOCC1. The third kappa shape index (κ3) is 2.83. The molecule has 1 aliphatic heterocycles. The molecule has 0 radical (unpaired) electrons. The number of hydrogen-bond donors (Lipinski definition) is 1. The number of halogens is 1. The molecule has 19 heavy (non-hydrogen) atoms. The molecular weight excluding hydrogens is 308 g/mol. The summed E-state index contributed by atoms with van der Waals surface area (Å²) in [6, 6.07) is 5.96. The largest absolute Gasteiger partial charge is 0.391 e. The fraction of sp³-hybridized carbons (Fsp3) is 0.500. The van der Waals surface area contributed by atoms with E-state index in [4.69, 9.17) is 4.74 Å². The molecule has 5 heteroatoms. The van der Waals surface area contributed by atoms with Crippen molar-refractivity contribution in [3.8, 4) is 0 Å². The summed E-state index contributed by atoms with van der Waals surface area (Å²) in [7, 11) is 0. The number of aromatic nitrogens is 2. The van der Waals surface area contributed by atoms with Crippen molar-refractivity contribution in [2.45, 2.75) is 25.5 Å². The second-order valence-corrected chi connectivity index (χ2v) is 5.90. The molecule has 1 aromatic heterocycles. The van der Waals surface area contributed by atoms with Crippen molar-refractivity contribution in [2.75, 3.05) is 13.2 Å². The topological polar surface area (TPSA) is 47.3 Å². The monoisotopic (exact) mass is 324 g/mol. The summed E-state index contributed by atoms with van der Waals surface area (Å²) < 4.78 is 8.21. The Bertz CT molecular complexity index is 564. The van der Waals surface area contributed by atoms with Gasteiger partial charge in [0, 0.05) is 29.3 Å². The standard InChI is InChI=1S/C14H17BrN2O2/c15-12-2-1-3-13-11(12)8-17(16-13)9-14(18)10-4-6-19-7-5-10/h1-3,8,10,14,18H,4-7,9H2. The van der Waals surface area contributed by atoms with Gasteiger partial charge in [-0.05, 0) is 30.9 Å². The number of fused-ring (bicyclic) bond motifs is 1. The Morgan fingerprint density at radius 2 is 2.21 bits per heavy atom. The number of benzene rings is 1. The van der Waals surface area contributed by atoms with Crippen LogP contribution in [0.3, 0.4) is 0 Å². The van der Waals surface area contributed by atoms with Gasteiger partial charge in [0.2, 0.25) is 0 Å². The summed E-state index contributed by atoms with van der Waals surface area (Å²) in [4.78, 5) is 0. The van der Waals surface area contributed by atoms with Gasteiger partial charge in [-0.1, -0.05) is 22.0 Å². The van der Waals surface area contributed by atoms with E-state index in [9.17, 15) is 5.11 Å². The van der Waals surface area contributed by atoms with E-state index in [0.717, 1.165) is 41.4 Å². The van der Waals surface area contributed by atoms with Crippen LogP contribution in [-0.2, 0) is 11.3 Å². The van der Waals surface area contributed by atoms with Crippen LogP contribution in [0.25, 0.3) is 10.9 Å². The van der Waals surface area contributed by atoms with E-state index >= 15 is 0 Å². The van der Waals surface area contributed by atoms with Crippen molar-refractivity contribution < 1.29 is 9.84 Å². The van der Waals surface area contributed by atoms with Crippen LogP contribution in [-0.4, -0.2) is 34.2 Å². The highest BCUT2D eigenvalue weighted by Crippen LogP contribution is 2.24. The van der Waals surface area contributed by atoms with Crippen LogP contribution in [0.4, 0.5) is 0 Å². The maximum atomic E-state index is 10.3. The Morgan fingerprint density at radius 3 is 2.95 bits per heavy atom. The first-order valence-corrected chi connectivity index (χ1v) is 7.41. The van der Waals surface area contributed by atoms with Crippen molar-refractivity contribution in [3.63, 3.8) is 0 Å². The summed E-state index contributed by atoms with van der Waals surface area (Å²) in [6.07, 6.45) is 3.51. The summed E-state index contributed by atoms with van der Waals surface area (Å²) in [6.45, 7) is 2.06. The zero-order valence-corrected chi connectivity index (χ0v) is 12.2. The maximum Gasteiger partial charge on any atom is 0.0934 e. The molecule has 1 saturated heterocycles. The van der Waals surface area contributed by atoms with E-state index in [0.29, 0.717) is 12.5 Å². The van der Waals surface area contributed by atoms with Crippen LogP contribution < -0.4 is 0 Å². The zero-order chi connectivity index (χ0) is 13.2. The highest BCUT2D eigenvalue weighted by atomic mass is 79.9. The lowest BCUT2D eigenvalue weighted by atomic mass is 9.94. The molecule has 3 rings (SSSR count). The molecule has 1 atom stereocenters. The zero-order valence-electron chi connectivity index (χ0n) is 10.6. The summed E-state index contributed by atoms with van der Waals surface area (Å²) in [5.74, 6) is 0.324. The molecule has 0 amide bonds. The molecule has 1 aliphatic rings. The van der Waals surface area contributed by atoms with Gasteiger partial charge in [-0.25, -0.2) is 0 Å². The van der Waals surface area contributed by atoms with E-state index < -0.39 is 0 Å². The predicted octanol–water partition coefficient (Wildman–Crippen LogP) is 2.59. The Balaban J connectivity index is 1.75. The van der Waals surface area contributed by atoms with Crippen molar-refractivity contribution in [1.82, 2.24) is 9.78 Å². The van der Waals surface area contributed by atoms with Crippen LogP contribution in [0, 0.1) is 5.92 Å². The lowest BCUT2D eigenvalue weighted by Gasteiger charge is -2.26. The molecule has 4 nitrogen and oxygen atoms in total. The predicted molar refractivity (Wildman–Crippen MR) is 77.0 cm³/mol.